The average molecular weight is 573 g/mol. The Morgan fingerprint density at radius 3 is 1.27 bits per heavy atom. The summed E-state index contributed by atoms with van der Waals surface area (Å²) in [5, 5.41) is 25.3. The minimum absolute atomic E-state index is 0. The summed E-state index contributed by atoms with van der Waals surface area (Å²) >= 11 is 1.31. The Balaban J connectivity index is 0.00000196. The standard InChI is InChI=1S/C28H42O2S.C4H11N.Ni/c1-25(2,3)17-27(7,8)19-11-13-21(29)23(15-19)31-24-16-20(12-14-22(24)30)28(9,10)18-26(4,5)6;1-2-3-4-5;/h11-16,29-30H,17-18H2,1-10H3;2-5H2,1H3;/q;;+2/p-2. The van der Waals surface area contributed by atoms with Crippen LogP contribution in [0.5, 0.6) is 11.5 Å². The molecule has 3 nitrogen and oxygen atoms in total. The molecule has 212 valence electrons. The van der Waals surface area contributed by atoms with Crippen LogP contribution in [-0.2, 0) is 27.3 Å². The Bertz CT molecular complexity index is 894. The van der Waals surface area contributed by atoms with Crippen molar-refractivity contribution in [1.82, 2.24) is 0 Å². The first-order valence-corrected chi connectivity index (χ1v) is 14.1. The summed E-state index contributed by atoms with van der Waals surface area (Å²) < 4.78 is 0. The van der Waals surface area contributed by atoms with Gasteiger partial charge in [0.1, 0.15) is 0 Å². The first-order chi connectivity index (χ1) is 16.3. The molecule has 0 saturated heterocycles. The maximum absolute atomic E-state index is 12.6. The van der Waals surface area contributed by atoms with Crippen molar-refractivity contribution in [2.45, 2.75) is 122 Å². The molecule has 0 aliphatic carbocycles. The molecular formula is C32H51NNiO2S. The number of rotatable bonds is 8. The zero-order valence-corrected chi connectivity index (χ0v) is 26.9. The Hall–Kier alpha value is -1.16. The Labute approximate surface area is 242 Å². The summed E-state index contributed by atoms with van der Waals surface area (Å²) in [5.41, 5.74) is 7.67. The molecule has 2 N–H and O–H groups in total. The molecule has 0 fully saturated rings. The van der Waals surface area contributed by atoms with E-state index in [4.69, 9.17) is 5.73 Å². The summed E-state index contributed by atoms with van der Waals surface area (Å²) in [7, 11) is 0. The van der Waals surface area contributed by atoms with Gasteiger partial charge in [0.2, 0.25) is 0 Å². The van der Waals surface area contributed by atoms with Gasteiger partial charge in [-0.25, -0.2) is 0 Å². The molecule has 0 spiro atoms. The number of hydrogen-bond donors (Lipinski definition) is 1. The Kier molecular flexibility index (Phi) is 13.8. The van der Waals surface area contributed by atoms with Crippen LogP contribution in [0.1, 0.15) is 113 Å². The van der Waals surface area contributed by atoms with Crippen molar-refractivity contribution >= 4 is 11.8 Å². The van der Waals surface area contributed by atoms with E-state index in [0.717, 1.165) is 30.5 Å². The smallest absolute Gasteiger partial charge is 0.872 e. The van der Waals surface area contributed by atoms with E-state index in [9.17, 15) is 10.2 Å². The molecule has 0 atom stereocenters. The zero-order valence-electron chi connectivity index (χ0n) is 25.1. The van der Waals surface area contributed by atoms with Gasteiger partial charge in [-0.3, -0.25) is 0 Å². The fourth-order valence-corrected chi connectivity index (χ4v) is 6.14. The van der Waals surface area contributed by atoms with Crippen LogP contribution in [0.15, 0.2) is 46.2 Å². The normalized spacial score (nSPS) is 12.4. The van der Waals surface area contributed by atoms with Crippen LogP contribution in [0.25, 0.3) is 0 Å². The summed E-state index contributed by atoms with van der Waals surface area (Å²) in [4.78, 5) is 1.25. The Morgan fingerprint density at radius 2 is 1.03 bits per heavy atom. The van der Waals surface area contributed by atoms with Gasteiger partial charge in [0.15, 0.2) is 0 Å². The molecule has 0 saturated carbocycles. The van der Waals surface area contributed by atoms with E-state index in [1.54, 1.807) is 12.1 Å². The number of benzene rings is 2. The van der Waals surface area contributed by atoms with Crippen molar-refractivity contribution in [1.29, 1.82) is 0 Å². The van der Waals surface area contributed by atoms with Crippen LogP contribution in [0.4, 0.5) is 0 Å². The molecule has 0 bridgehead atoms. The second-order valence-electron chi connectivity index (χ2n) is 13.8. The minimum Gasteiger partial charge on any atom is -0.872 e. The molecule has 5 heteroatoms. The first-order valence-electron chi connectivity index (χ1n) is 13.3. The van der Waals surface area contributed by atoms with Crippen molar-refractivity contribution in [3.8, 4) is 11.5 Å². The van der Waals surface area contributed by atoms with E-state index in [2.05, 4.69) is 76.2 Å². The first kappa shape index (κ1) is 35.8. The summed E-state index contributed by atoms with van der Waals surface area (Å²) in [5.74, 6) is -0.0573. The quantitative estimate of drug-likeness (QED) is 0.324. The van der Waals surface area contributed by atoms with Gasteiger partial charge < -0.3 is 15.9 Å². The van der Waals surface area contributed by atoms with Crippen LogP contribution in [0.3, 0.4) is 0 Å². The third kappa shape index (κ3) is 12.5. The maximum Gasteiger partial charge on any atom is 2.00 e. The molecule has 0 aliphatic rings. The zero-order chi connectivity index (χ0) is 27.9. The van der Waals surface area contributed by atoms with Crippen LogP contribution in [0.2, 0.25) is 0 Å². The number of hydrogen-bond acceptors (Lipinski definition) is 4. The molecule has 0 aromatic heterocycles. The molecule has 0 radical (unpaired) electrons. The van der Waals surface area contributed by atoms with Crippen LogP contribution in [-0.4, -0.2) is 6.54 Å². The van der Waals surface area contributed by atoms with E-state index in [-0.39, 0.29) is 49.7 Å². The third-order valence-corrected chi connectivity index (χ3v) is 7.25. The number of nitrogens with two attached hydrogens (primary N) is 1. The molecule has 0 unspecified atom stereocenters. The van der Waals surface area contributed by atoms with E-state index in [0.29, 0.717) is 9.79 Å². The molecule has 2 aromatic rings. The molecule has 0 amide bonds. The average Bonchev–Trinajstić information content (AvgIpc) is 2.68. The van der Waals surface area contributed by atoms with Crippen molar-refractivity contribution < 1.29 is 26.7 Å². The molecular weight excluding hydrogens is 521 g/mol. The SMILES string of the molecule is CC(C)(C)CC(C)(C)c1ccc([O-])c(Sc2cc(C(C)(C)CC(C)(C)C)ccc2[O-])c1.CCCCN.[Ni+2]. The van der Waals surface area contributed by atoms with Gasteiger partial charge >= 0.3 is 16.5 Å². The van der Waals surface area contributed by atoms with Gasteiger partial charge in [0, 0.05) is 9.79 Å². The van der Waals surface area contributed by atoms with E-state index in [1.807, 2.05) is 24.3 Å². The molecule has 2 aromatic carbocycles. The van der Waals surface area contributed by atoms with Gasteiger partial charge in [-0.05, 0) is 70.7 Å². The maximum atomic E-state index is 12.6. The predicted molar refractivity (Wildman–Crippen MR) is 154 cm³/mol. The molecule has 0 aliphatic heterocycles. The van der Waals surface area contributed by atoms with Gasteiger partial charge in [0.25, 0.3) is 0 Å². The fourth-order valence-electron chi connectivity index (χ4n) is 5.20. The van der Waals surface area contributed by atoms with Crippen LogP contribution >= 0.6 is 11.8 Å². The van der Waals surface area contributed by atoms with Gasteiger partial charge in [-0.2, -0.15) is 0 Å². The largest absolute Gasteiger partial charge is 2.00 e. The second kappa shape index (κ2) is 14.3. The van der Waals surface area contributed by atoms with Crippen molar-refractivity contribution in [3.05, 3.63) is 47.5 Å². The van der Waals surface area contributed by atoms with Gasteiger partial charge in [-0.1, -0.05) is 130 Å². The minimum atomic E-state index is -0.0574. The van der Waals surface area contributed by atoms with Gasteiger partial charge in [0.05, 0.1) is 0 Å². The van der Waals surface area contributed by atoms with E-state index < -0.39 is 0 Å². The Morgan fingerprint density at radius 1 is 0.676 bits per heavy atom. The van der Waals surface area contributed by atoms with Crippen LogP contribution < -0.4 is 15.9 Å². The second-order valence-corrected chi connectivity index (χ2v) is 14.9. The molecule has 0 heterocycles. The molecule has 37 heavy (non-hydrogen) atoms. The van der Waals surface area contributed by atoms with E-state index >= 15 is 0 Å². The fraction of sp³-hybridized carbons (Fsp3) is 0.625. The molecule has 2 rings (SSSR count). The summed E-state index contributed by atoms with van der Waals surface area (Å²) in [6, 6.07) is 11.2. The topological polar surface area (TPSA) is 72.1 Å². The van der Waals surface area contributed by atoms with Crippen LogP contribution in [0, 0.1) is 10.8 Å². The summed E-state index contributed by atoms with van der Waals surface area (Å²) in [6.07, 6.45) is 4.40. The predicted octanol–water partition coefficient (Wildman–Crippen LogP) is 8.16. The number of unbranched alkanes of at least 4 members (excludes halogenated alkanes) is 1. The van der Waals surface area contributed by atoms with Crippen molar-refractivity contribution in [2.75, 3.05) is 6.54 Å². The van der Waals surface area contributed by atoms with E-state index in [1.165, 1.54) is 24.6 Å². The van der Waals surface area contributed by atoms with Gasteiger partial charge in [-0.15, -0.1) is 0 Å². The third-order valence-electron chi connectivity index (χ3n) is 6.17. The van der Waals surface area contributed by atoms with Crippen molar-refractivity contribution in [3.63, 3.8) is 0 Å². The van der Waals surface area contributed by atoms with Crippen molar-refractivity contribution in [2.24, 2.45) is 16.6 Å². The summed E-state index contributed by atoms with van der Waals surface area (Å²) in [6.45, 7) is 25.3. The monoisotopic (exact) mass is 571 g/mol.